The van der Waals surface area contributed by atoms with E-state index in [0.29, 0.717) is 63.7 Å². The molecule has 13 nitrogen and oxygen atoms in total. The van der Waals surface area contributed by atoms with Crippen LogP contribution in [0.5, 0.6) is 0 Å². The smallest absolute Gasteiger partial charge is 0.276 e. The molecule has 0 saturated carbocycles. The van der Waals surface area contributed by atoms with E-state index < -0.39 is 5.91 Å². The highest BCUT2D eigenvalue weighted by atomic mass is 16.5. The molecule has 0 fully saturated rings. The number of nitrogens with one attached hydrogen (secondary N) is 4. The van der Waals surface area contributed by atoms with Crippen molar-refractivity contribution in [2.45, 2.75) is 25.9 Å². The van der Waals surface area contributed by atoms with Gasteiger partial charge in [-0.15, -0.1) is 0 Å². The normalized spacial score (nSPS) is 11.9. The molecular formula is C29H26N10O3. The number of benzene rings is 2. The van der Waals surface area contributed by atoms with E-state index in [0.717, 1.165) is 0 Å². The van der Waals surface area contributed by atoms with E-state index in [9.17, 15) is 9.59 Å². The molecule has 0 bridgehead atoms. The summed E-state index contributed by atoms with van der Waals surface area (Å²) in [6.07, 6.45) is 4.99. The van der Waals surface area contributed by atoms with Crippen LogP contribution in [0.4, 0.5) is 11.5 Å². The molecule has 0 saturated heterocycles. The number of carbonyl (C=O) groups excluding carboxylic acids is 1. The monoisotopic (exact) mass is 562 g/mol. The van der Waals surface area contributed by atoms with Crippen LogP contribution in [-0.4, -0.2) is 45.6 Å². The second-order valence-corrected chi connectivity index (χ2v) is 9.41. The maximum Gasteiger partial charge on any atom is 0.276 e. The van der Waals surface area contributed by atoms with E-state index in [4.69, 9.17) is 10.2 Å². The molecule has 0 radical (unpaired) electrons. The Morgan fingerprint density at radius 3 is 2.64 bits per heavy atom. The maximum atomic E-state index is 14.3. The Bertz CT molecular complexity index is 1940. The fraction of sp³-hybridized carbons (Fsp3) is 0.138. The number of hydrogen-bond donors (Lipinski definition) is 5. The molecule has 4 aromatic heterocycles. The van der Waals surface area contributed by atoms with Crippen LogP contribution >= 0.6 is 0 Å². The van der Waals surface area contributed by atoms with Crippen LogP contribution in [0.3, 0.4) is 0 Å². The van der Waals surface area contributed by atoms with E-state index in [2.05, 4.69) is 35.6 Å². The lowest BCUT2D eigenvalue weighted by molar-refractivity contribution is 0.0706. The van der Waals surface area contributed by atoms with Gasteiger partial charge in [0, 0.05) is 11.9 Å². The number of hydrogen-bond acceptors (Lipinski definition) is 10. The Labute approximate surface area is 238 Å². The topological polar surface area (TPSA) is 176 Å². The first-order valence-electron chi connectivity index (χ1n) is 13.2. The molecule has 2 aromatic carbocycles. The summed E-state index contributed by atoms with van der Waals surface area (Å²) in [5, 5.41) is 16.0. The van der Waals surface area contributed by atoms with Crippen molar-refractivity contribution in [3.8, 4) is 5.69 Å². The number of aromatic amines is 1. The number of H-pyrrole nitrogens is 1. The van der Waals surface area contributed by atoms with Gasteiger partial charge in [-0.3, -0.25) is 24.3 Å². The van der Waals surface area contributed by atoms with Gasteiger partial charge in [0.2, 0.25) is 0 Å². The molecule has 6 aromatic rings. The van der Waals surface area contributed by atoms with Crippen LogP contribution < -0.4 is 21.7 Å². The zero-order valence-electron chi connectivity index (χ0n) is 22.4. The van der Waals surface area contributed by atoms with Gasteiger partial charge < -0.3 is 15.6 Å². The Hall–Kier alpha value is -5.69. The van der Waals surface area contributed by atoms with E-state index in [-0.39, 0.29) is 17.2 Å². The molecule has 6 rings (SSSR count). The predicted molar refractivity (Wildman–Crippen MR) is 156 cm³/mol. The largest absolute Gasteiger partial charge is 0.379 e. The van der Waals surface area contributed by atoms with Crippen molar-refractivity contribution in [2.24, 2.45) is 0 Å². The SMILES string of the molecule is CCC(Nc1ncnc2[nH]cnc12)c1nc2cccc(NCc3ccc(C(=O)NO)cn3)c2c(=O)n1-c1ccccc1. The van der Waals surface area contributed by atoms with Gasteiger partial charge in [-0.05, 0) is 42.8 Å². The summed E-state index contributed by atoms with van der Waals surface area (Å²) in [4.78, 5) is 51.1. The molecule has 1 unspecified atom stereocenters. The predicted octanol–water partition coefficient (Wildman–Crippen LogP) is 3.74. The number of nitrogens with zero attached hydrogens (tertiary/aromatic N) is 6. The molecule has 0 spiro atoms. The number of carbonyl (C=O) groups is 1. The van der Waals surface area contributed by atoms with Crippen molar-refractivity contribution < 1.29 is 10.0 Å². The fourth-order valence-corrected chi connectivity index (χ4v) is 4.75. The number of rotatable bonds is 9. The summed E-state index contributed by atoms with van der Waals surface area (Å²) < 4.78 is 1.62. The molecule has 1 atom stereocenters. The van der Waals surface area contributed by atoms with Gasteiger partial charge in [0.05, 0.1) is 46.8 Å². The highest BCUT2D eigenvalue weighted by Gasteiger charge is 2.23. The number of fused-ring (bicyclic) bond motifs is 2. The van der Waals surface area contributed by atoms with Crippen LogP contribution in [0.1, 0.15) is 41.3 Å². The second kappa shape index (κ2) is 11.4. The average Bonchev–Trinajstić information content (AvgIpc) is 3.52. The lowest BCUT2D eigenvalue weighted by Crippen LogP contribution is -2.28. The summed E-state index contributed by atoms with van der Waals surface area (Å²) >= 11 is 0. The molecule has 210 valence electrons. The van der Waals surface area contributed by atoms with E-state index >= 15 is 0 Å². The zero-order valence-corrected chi connectivity index (χ0v) is 22.4. The maximum absolute atomic E-state index is 14.3. The van der Waals surface area contributed by atoms with Gasteiger partial charge in [-0.1, -0.05) is 31.2 Å². The summed E-state index contributed by atoms with van der Waals surface area (Å²) in [5.74, 6) is 0.417. The summed E-state index contributed by atoms with van der Waals surface area (Å²) in [6, 6.07) is 17.7. The molecule has 13 heteroatoms. The highest BCUT2D eigenvalue weighted by Crippen LogP contribution is 2.28. The number of aromatic nitrogens is 7. The summed E-state index contributed by atoms with van der Waals surface area (Å²) in [7, 11) is 0. The number of amides is 1. The number of imidazole rings is 1. The quantitative estimate of drug-likeness (QED) is 0.129. The third kappa shape index (κ3) is 4.99. The molecule has 0 aliphatic heterocycles. The van der Waals surface area contributed by atoms with Gasteiger partial charge in [-0.25, -0.2) is 25.4 Å². The van der Waals surface area contributed by atoms with Gasteiger partial charge in [-0.2, -0.15) is 0 Å². The summed E-state index contributed by atoms with van der Waals surface area (Å²) in [5.41, 5.74) is 5.21. The Kier molecular flexibility index (Phi) is 7.22. The molecular weight excluding hydrogens is 536 g/mol. The van der Waals surface area contributed by atoms with Crippen LogP contribution in [0.15, 0.2) is 84.3 Å². The molecule has 42 heavy (non-hydrogen) atoms. The Morgan fingerprint density at radius 1 is 1.02 bits per heavy atom. The molecule has 0 aliphatic rings. The standard InChI is InChI=1S/C29H26N10O3/c1-2-20(36-26-24-25(33-15-32-24)34-16-35-26)27-37-22-10-6-9-21(23(22)29(41)39(27)19-7-4-3-5-8-19)31-14-18-12-11-17(13-30-18)28(40)38-42/h3-13,15-16,20,31,42H,2,14H2,1H3,(H,38,40)(H2,32,33,34,35,36). The van der Waals surface area contributed by atoms with E-state index in [1.807, 2.05) is 55.5 Å². The number of anilines is 2. The lowest BCUT2D eigenvalue weighted by atomic mass is 10.1. The van der Waals surface area contributed by atoms with Crippen molar-refractivity contribution in [1.82, 2.24) is 40.0 Å². The van der Waals surface area contributed by atoms with E-state index in [1.165, 1.54) is 12.5 Å². The first-order valence-corrected chi connectivity index (χ1v) is 13.2. The van der Waals surface area contributed by atoms with Crippen molar-refractivity contribution in [1.29, 1.82) is 0 Å². The zero-order chi connectivity index (χ0) is 29.1. The Balaban J connectivity index is 1.42. The molecule has 5 N–H and O–H groups in total. The number of hydroxylamine groups is 1. The van der Waals surface area contributed by atoms with Gasteiger partial charge in [0.25, 0.3) is 11.5 Å². The first-order chi connectivity index (χ1) is 20.6. The van der Waals surface area contributed by atoms with Gasteiger partial charge >= 0.3 is 0 Å². The van der Waals surface area contributed by atoms with Crippen molar-refractivity contribution in [2.75, 3.05) is 10.6 Å². The van der Waals surface area contributed by atoms with Gasteiger partial charge in [0.15, 0.2) is 11.5 Å². The minimum atomic E-state index is -0.646. The lowest BCUT2D eigenvalue weighted by Gasteiger charge is -2.22. The minimum absolute atomic E-state index is 0.225. The van der Waals surface area contributed by atoms with Crippen molar-refractivity contribution >= 4 is 39.5 Å². The number of para-hydroxylation sites is 1. The van der Waals surface area contributed by atoms with E-state index in [1.54, 1.807) is 28.5 Å². The number of pyridine rings is 1. The highest BCUT2D eigenvalue weighted by molar-refractivity contribution is 5.93. The van der Waals surface area contributed by atoms with Crippen LogP contribution in [-0.2, 0) is 6.54 Å². The van der Waals surface area contributed by atoms with Crippen LogP contribution in [0, 0.1) is 0 Å². The fourth-order valence-electron chi connectivity index (χ4n) is 4.75. The molecule has 4 heterocycles. The third-order valence-corrected chi connectivity index (χ3v) is 6.83. The van der Waals surface area contributed by atoms with Crippen molar-refractivity contribution in [3.63, 3.8) is 0 Å². The first kappa shape index (κ1) is 26.5. The van der Waals surface area contributed by atoms with Crippen molar-refractivity contribution in [3.05, 3.63) is 107 Å². The molecule has 1 amide bonds. The second-order valence-electron chi connectivity index (χ2n) is 9.41. The molecule has 0 aliphatic carbocycles. The summed E-state index contributed by atoms with van der Waals surface area (Å²) in [6.45, 7) is 2.30. The van der Waals surface area contributed by atoms with Crippen LogP contribution in [0.2, 0.25) is 0 Å². The average molecular weight is 563 g/mol. The Morgan fingerprint density at radius 2 is 1.88 bits per heavy atom. The minimum Gasteiger partial charge on any atom is -0.379 e. The van der Waals surface area contributed by atoms with Gasteiger partial charge in [0.1, 0.15) is 17.7 Å². The van der Waals surface area contributed by atoms with Crippen LogP contribution in [0.25, 0.3) is 27.8 Å². The third-order valence-electron chi connectivity index (χ3n) is 6.83.